The maximum atomic E-state index is 13.6. The first-order valence-electron chi connectivity index (χ1n) is 10.6. The molecule has 3 nitrogen and oxygen atoms in total. The van der Waals surface area contributed by atoms with Gasteiger partial charge in [0, 0.05) is 20.6 Å². The molecular formula is C28H18BrCl2NO2. The van der Waals surface area contributed by atoms with Crippen LogP contribution < -0.4 is 4.90 Å². The van der Waals surface area contributed by atoms with Crippen LogP contribution in [0, 0.1) is 6.92 Å². The van der Waals surface area contributed by atoms with Gasteiger partial charge in [-0.05, 0) is 88.6 Å². The van der Waals surface area contributed by atoms with Crippen LogP contribution >= 0.6 is 39.1 Å². The molecule has 1 aromatic heterocycles. The number of amides is 1. The number of halogens is 3. The van der Waals surface area contributed by atoms with E-state index in [0.717, 1.165) is 27.0 Å². The SMILES string of the molecule is Cc1ccc(N2C(=O)C(=Cc3ccc(-c4cc(Cl)ccc4Cl)o3)C=C2c2ccccc2)c(Br)c1. The molecule has 168 valence electrons. The molecule has 6 heteroatoms. The van der Waals surface area contributed by atoms with E-state index in [-0.39, 0.29) is 5.91 Å². The molecule has 1 amide bonds. The molecule has 0 N–H and O–H groups in total. The van der Waals surface area contributed by atoms with Gasteiger partial charge >= 0.3 is 0 Å². The summed E-state index contributed by atoms with van der Waals surface area (Å²) in [6.45, 7) is 2.01. The zero-order valence-corrected chi connectivity index (χ0v) is 21.2. The monoisotopic (exact) mass is 549 g/mol. The van der Waals surface area contributed by atoms with Gasteiger partial charge in [0.25, 0.3) is 5.91 Å². The smallest absolute Gasteiger partial charge is 0.263 e. The van der Waals surface area contributed by atoms with E-state index >= 15 is 0 Å². The average molecular weight is 551 g/mol. The minimum absolute atomic E-state index is 0.137. The van der Waals surface area contributed by atoms with Crippen LogP contribution in [-0.4, -0.2) is 5.91 Å². The summed E-state index contributed by atoms with van der Waals surface area (Å²) >= 11 is 16.1. The molecule has 0 saturated carbocycles. The first-order chi connectivity index (χ1) is 16.4. The Kier molecular flexibility index (Phi) is 6.22. The molecule has 34 heavy (non-hydrogen) atoms. The minimum atomic E-state index is -0.137. The maximum absolute atomic E-state index is 13.6. The Morgan fingerprint density at radius 1 is 0.941 bits per heavy atom. The van der Waals surface area contributed by atoms with Crippen molar-refractivity contribution in [3.63, 3.8) is 0 Å². The molecule has 2 heterocycles. The third-order valence-corrected chi connectivity index (χ3v) is 6.72. The summed E-state index contributed by atoms with van der Waals surface area (Å²) in [5.74, 6) is 0.986. The molecule has 1 aliphatic rings. The molecule has 4 aromatic rings. The van der Waals surface area contributed by atoms with E-state index in [4.69, 9.17) is 27.6 Å². The summed E-state index contributed by atoms with van der Waals surface area (Å²) in [5.41, 5.74) is 4.83. The average Bonchev–Trinajstić information content (AvgIpc) is 3.41. The molecule has 0 aliphatic carbocycles. The Labute approximate surface area is 216 Å². The van der Waals surface area contributed by atoms with Gasteiger partial charge in [0.15, 0.2) is 0 Å². The van der Waals surface area contributed by atoms with Crippen LogP contribution in [0.1, 0.15) is 16.9 Å². The number of benzene rings is 3. The summed E-state index contributed by atoms with van der Waals surface area (Å²) < 4.78 is 6.86. The Morgan fingerprint density at radius 2 is 1.74 bits per heavy atom. The lowest BCUT2D eigenvalue weighted by molar-refractivity contribution is -0.113. The van der Waals surface area contributed by atoms with Crippen LogP contribution in [0.15, 0.2) is 99.4 Å². The highest BCUT2D eigenvalue weighted by molar-refractivity contribution is 9.10. The maximum Gasteiger partial charge on any atom is 0.263 e. The van der Waals surface area contributed by atoms with Crippen molar-refractivity contribution >= 4 is 62.5 Å². The van der Waals surface area contributed by atoms with Gasteiger partial charge < -0.3 is 4.42 Å². The van der Waals surface area contributed by atoms with Gasteiger partial charge in [0.2, 0.25) is 0 Å². The van der Waals surface area contributed by atoms with Crippen LogP contribution in [-0.2, 0) is 4.79 Å². The van der Waals surface area contributed by atoms with Crippen molar-refractivity contribution < 1.29 is 9.21 Å². The fourth-order valence-corrected chi connectivity index (χ4v) is 4.94. The lowest BCUT2D eigenvalue weighted by atomic mass is 10.1. The third-order valence-electron chi connectivity index (χ3n) is 5.52. The van der Waals surface area contributed by atoms with E-state index in [9.17, 15) is 4.79 Å². The summed E-state index contributed by atoms with van der Waals surface area (Å²) in [5, 5.41) is 1.10. The topological polar surface area (TPSA) is 33.5 Å². The van der Waals surface area contributed by atoms with E-state index in [1.54, 1.807) is 29.2 Å². The molecule has 0 atom stereocenters. The van der Waals surface area contributed by atoms with Crippen molar-refractivity contribution in [2.45, 2.75) is 6.92 Å². The second-order valence-corrected chi connectivity index (χ2v) is 9.61. The number of carbonyl (C=O) groups excluding carboxylic acids is 1. The number of carbonyl (C=O) groups is 1. The Bertz CT molecular complexity index is 1470. The van der Waals surface area contributed by atoms with Crippen molar-refractivity contribution in [2.75, 3.05) is 4.90 Å². The summed E-state index contributed by atoms with van der Waals surface area (Å²) in [6.07, 6.45) is 3.63. The van der Waals surface area contributed by atoms with E-state index in [2.05, 4.69) is 15.9 Å². The molecular weight excluding hydrogens is 533 g/mol. The fraction of sp³-hybridized carbons (Fsp3) is 0.0357. The lowest BCUT2D eigenvalue weighted by Crippen LogP contribution is -2.25. The second kappa shape index (κ2) is 9.30. The normalized spacial score (nSPS) is 14.7. The third kappa shape index (κ3) is 4.37. The number of furan rings is 1. The highest BCUT2D eigenvalue weighted by atomic mass is 79.9. The van der Waals surface area contributed by atoms with Crippen LogP contribution in [0.5, 0.6) is 0 Å². The number of hydrogen-bond acceptors (Lipinski definition) is 2. The van der Waals surface area contributed by atoms with Gasteiger partial charge in [0.1, 0.15) is 11.5 Å². The number of nitrogens with zero attached hydrogens (tertiary/aromatic N) is 1. The van der Waals surface area contributed by atoms with Crippen LogP contribution in [0.2, 0.25) is 10.0 Å². The molecule has 5 rings (SSSR count). The van der Waals surface area contributed by atoms with Crippen molar-refractivity contribution in [1.82, 2.24) is 0 Å². The first-order valence-corrected chi connectivity index (χ1v) is 12.1. The largest absolute Gasteiger partial charge is 0.457 e. The summed E-state index contributed by atoms with van der Waals surface area (Å²) in [6, 6.07) is 24.6. The van der Waals surface area contributed by atoms with Crippen molar-refractivity contribution in [3.05, 3.63) is 122 Å². The summed E-state index contributed by atoms with van der Waals surface area (Å²) in [7, 11) is 0. The highest BCUT2D eigenvalue weighted by Gasteiger charge is 2.31. The van der Waals surface area contributed by atoms with Gasteiger partial charge in [-0.2, -0.15) is 0 Å². The van der Waals surface area contributed by atoms with Gasteiger partial charge in [0.05, 0.1) is 16.4 Å². The highest BCUT2D eigenvalue weighted by Crippen LogP contribution is 2.39. The number of rotatable bonds is 4. The first kappa shape index (κ1) is 22.7. The molecule has 0 bridgehead atoms. The second-order valence-electron chi connectivity index (χ2n) is 7.92. The molecule has 0 spiro atoms. The van der Waals surface area contributed by atoms with E-state index in [0.29, 0.717) is 32.7 Å². The van der Waals surface area contributed by atoms with E-state index in [1.165, 1.54) is 0 Å². The van der Waals surface area contributed by atoms with Crippen molar-refractivity contribution in [2.24, 2.45) is 0 Å². The predicted molar refractivity (Wildman–Crippen MR) is 143 cm³/mol. The van der Waals surface area contributed by atoms with Gasteiger partial charge in [-0.3, -0.25) is 9.69 Å². The molecule has 0 radical (unpaired) electrons. The van der Waals surface area contributed by atoms with Crippen LogP contribution in [0.25, 0.3) is 23.1 Å². The van der Waals surface area contributed by atoms with E-state index < -0.39 is 0 Å². The Hall–Kier alpha value is -3.05. The summed E-state index contributed by atoms with van der Waals surface area (Å²) in [4.78, 5) is 15.3. The number of hydrogen-bond donors (Lipinski definition) is 0. The van der Waals surface area contributed by atoms with Gasteiger partial charge in [-0.15, -0.1) is 0 Å². The molecule has 0 fully saturated rings. The standard InChI is InChI=1S/C28H18BrCl2NO2/c1-17-7-11-25(23(29)13-17)32-26(18-5-3-2-4-6-18)15-19(28(32)33)14-21-9-12-27(34-21)22-16-20(30)8-10-24(22)31/h2-16H,1H3. The van der Waals surface area contributed by atoms with Gasteiger partial charge in [-0.25, -0.2) is 0 Å². The van der Waals surface area contributed by atoms with Crippen molar-refractivity contribution in [1.29, 1.82) is 0 Å². The quantitative estimate of drug-likeness (QED) is 0.238. The van der Waals surface area contributed by atoms with Crippen LogP contribution in [0.3, 0.4) is 0 Å². The van der Waals surface area contributed by atoms with E-state index in [1.807, 2.05) is 73.7 Å². The minimum Gasteiger partial charge on any atom is -0.457 e. The number of aryl methyl sites for hydroxylation is 1. The fourth-order valence-electron chi connectivity index (χ4n) is 3.88. The zero-order valence-electron chi connectivity index (χ0n) is 18.1. The van der Waals surface area contributed by atoms with Crippen LogP contribution in [0.4, 0.5) is 5.69 Å². The molecule has 0 unspecified atom stereocenters. The van der Waals surface area contributed by atoms with Crippen molar-refractivity contribution in [3.8, 4) is 11.3 Å². The molecule has 1 aliphatic heterocycles. The predicted octanol–water partition coefficient (Wildman–Crippen LogP) is 8.80. The molecule has 0 saturated heterocycles. The zero-order chi connectivity index (χ0) is 23.8. The number of anilines is 1. The van der Waals surface area contributed by atoms with Gasteiger partial charge in [-0.1, -0.05) is 59.6 Å². The molecule has 3 aromatic carbocycles. The Morgan fingerprint density at radius 3 is 2.50 bits per heavy atom. The lowest BCUT2D eigenvalue weighted by Gasteiger charge is -2.22. The Balaban J connectivity index is 1.57.